The van der Waals surface area contributed by atoms with Crippen molar-refractivity contribution in [1.29, 1.82) is 0 Å². The molecule has 0 fully saturated rings. The van der Waals surface area contributed by atoms with E-state index in [-0.39, 0.29) is 5.91 Å². The molecule has 72 valence electrons. The molecule has 3 heteroatoms. The summed E-state index contributed by atoms with van der Waals surface area (Å²) in [6.45, 7) is 5.18. The molecule has 1 amide bonds. The van der Waals surface area contributed by atoms with Gasteiger partial charge in [0.2, 0.25) is 0 Å². The maximum atomic E-state index is 10.9. The van der Waals surface area contributed by atoms with Crippen LogP contribution in [0.15, 0.2) is 18.3 Å². The molecule has 0 aliphatic heterocycles. The molecule has 0 bridgehead atoms. The third-order valence-corrected chi connectivity index (χ3v) is 2.03. The molecule has 0 radical (unpaired) electrons. The van der Waals surface area contributed by atoms with Crippen LogP contribution in [0.25, 0.3) is 0 Å². The molecule has 0 atom stereocenters. The van der Waals surface area contributed by atoms with E-state index in [9.17, 15) is 4.79 Å². The lowest BCUT2D eigenvalue weighted by Crippen LogP contribution is -2.17. The summed E-state index contributed by atoms with van der Waals surface area (Å²) in [5, 5.41) is 0. The molecule has 1 aromatic heterocycles. The number of rotatable bonds is 4. The van der Waals surface area contributed by atoms with Gasteiger partial charge < -0.3 is 10.3 Å². The molecule has 3 nitrogen and oxygen atoms in total. The van der Waals surface area contributed by atoms with Gasteiger partial charge in [0.25, 0.3) is 5.91 Å². The first-order valence-corrected chi connectivity index (χ1v) is 4.56. The third-order valence-electron chi connectivity index (χ3n) is 2.03. The second-order valence-corrected chi connectivity index (χ2v) is 3.63. The lowest BCUT2D eigenvalue weighted by Gasteiger charge is -2.08. The maximum absolute atomic E-state index is 10.9. The van der Waals surface area contributed by atoms with Gasteiger partial charge in [-0.1, -0.05) is 13.8 Å². The number of hydrogen-bond donors (Lipinski definition) is 1. The summed E-state index contributed by atoms with van der Waals surface area (Å²) in [7, 11) is 0. The number of primary amides is 1. The summed E-state index contributed by atoms with van der Waals surface area (Å²) in [4.78, 5) is 10.9. The number of carbonyl (C=O) groups excluding carboxylic acids is 1. The van der Waals surface area contributed by atoms with Crippen LogP contribution in [0.2, 0.25) is 0 Å². The van der Waals surface area contributed by atoms with Crippen molar-refractivity contribution in [2.75, 3.05) is 0 Å². The molecule has 0 aliphatic carbocycles. The van der Waals surface area contributed by atoms with Crippen LogP contribution in [0.4, 0.5) is 0 Å². The Hall–Kier alpha value is -1.25. The Balaban J connectivity index is 2.65. The second kappa shape index (κ2) is 4.12. The molecule has 0 saturated heterocycles. The van der Waals surface area contributed by atoms with Gasteiger partial charge in [-0.05, 0) is 24.5 Å². The second-order valence-electron chi connectivity index (χ2n) is 3.63. The van der Waals surface area contributed by atoms with E-state index < -0.39 is 0 Å². The van der Waals surface area contributed by atoms with Crippen molar-refractivity contribution < 1.29 is 4.79 Å². The van der Waals surface area contributed by atoms with E-state index >= 15 is 0 Å². The highest BCUT2D eigenvalue weighted by atomic mass is 16.1. The average Bonchev–Trinajstić information content (AvgIpc) is 2.47. The number of aromatic nitrogens is 1. The van der Waals surface area contributed by atoms with Crippen LogP contribution in [-0.2, 0) is 6.54 Å². The van der Waals surface area contributed by atoms with Crippen LogP contribution < -0.4 is 5.73 Å². The first kappa shape index (κ1) is 9.84. The van der Waals surface area contributed by atoms with Crippen molar-refractivity contribution in [3.8, 4) is 0 Å². The highest BCUT2D eigenvalue weighted by Crippen LogP contribution is 2.06. The maximum Gasteiger partial charge on any atom is 0.265 e. The number of carbonyl (C=O) groups is 1. The van der Waals surface area contributed by atoms with Gasteiger partial charge in [-0.2, -0.15) is 0 Å². The fourth-order valence-corrected chi connectivity index (χ4v) is 1.23. The zero-order valence-corrected chi connectivity index (χ0v) is 8.16. The molecule has 1 rings (SSSR count). The molecule has 0 aromatic carbocycles. The SMILES string of the molecule is CC(C)CCn1cccc1C(N)=O. The largest absolute Gasteiger partial charge is 0.364 e. The molecule has 2 N–H and O–H groups in total. The van der Waals surface area contributed by atoms with Crippen molar-refractivity contribution in [3.63, 3.8) is 0 Å². The summed E-state index contributed by atoms with van der Waals surface area (Å²) in [5.74, 6) is 0.289. The quantitative estimate of drug-likeness (QED) is 0.752. The van der Waals surface area contributed by atoms with Crippen LogP contribution in [0.1, 0.15) is 30.8 Å². The minimum atomic E-state index is -0.353. The van der Waals surface area contributed by atoms with Crippen molar-refractivity contribution >= 4 is 5.91 Å². The number of amides is 1. The molecular weight excluding hydrogens is 164 g/mol. The van der Waals surface area contributed by atoms with Crippen LogP contribution >= 0.6 is 0 Å². The Morgan fingerprint density at radius 3 is 2.85 bits per heavy atom. The minimum Gasteiger partial charge on any atom is -0.364 e. The summed E-state index contributed by atoms with van der Waals surface area (Å²) < 4.78 is 1.91. The molecule has 0 spiro atoms. The van der Waals surface area contributed by atoms with E-state index in [0.29, 0.717) is 11.6 Å². The van der Waals surface area contributed by atoms with Crippen LogP contribution in [0.3, 0.4) is 0 Å². The molecule has 0 saturated carbocycles. The molecule has 1 aromatic rings. The normalized spacial score (nSPS) is 10.7. The Morgan fingerprint density at radius 1 is 1.62 bits per heavy atom. The number of nitrogens with zero attached hydrogens (tertiary/aromatic N) is 1. The van der Waals surface area contributed by atoms with Gasteiger partial charge in [0.15, 0.2) is 0 Å². The average molecular weight is 180 g/mol. The standard InChI is InChI=1S/C10H16N2O/c1-8(2)5-7-12-6-3-4-9(12)10(11)13/h3-4,6,8H,5,7H2,1-2H3,(H2,11,13). The lowest BCUT2D eigenvalue weighted by molar-refractivity contribution is 0.0991. The van der Waals surface area contributed by atoms with E-state index in [4.69, 9.17) is 5.73 Å². The molecule has 13 heavy (non-hydrogen) atoms. The Labute approximate surface area is 78.5 Å². The summed E-state index contributed by atoms with van der Waals surface area (Å²) in [6.07, 6.45) is 2.96. The zero-order valence-electron chi connectivity index (χ0n) is 8.16. The van der Waals surface area contributed by atoms with Crippen molar-refractivity contribution in [2.24, 2.45) is 11.7 Å². The van der Waals surface area contributed by atoms with Gasteiger partial charge in [-0.15, -0.1) is 0 Å². The van der Waals surface area contributed by atoms with E-state index in [1.54, 1.807) is 6.07 Å². The van der Waals surface area contributed by atoms with E-state index in [0.717, 1.165) is 13.0 Å². The van der Waals surface area contributed by atoms with Crippen LogP contribution in [0, 0.1) is 5.92 Å². The molecule has 0 unspecified atom stereocenters. The fraction of sp³-hybridized carbons (Fsp3) is 0.500. The lowest BCUT2D eigenvalue weighted by atomic mass is 10.1. The monoisotopic (exact) mass is 180 g/mol. The van der Waals surface area contributed by atoms with E-state index in [1.165, 1.54) is 0 Å². The van der Waals surface area contributed by atoms with Crippen molar-refractivity contribution in [1.82, 2.24) is 4.57 Å². The van der Waals surface area contributed by atoms with Crippen molar-refractivity contribution in [2.45, 2.75) is 26.8 Å². The summed E-state index contributed by atoms with van der Waals surface area (Å²) in [5.41, 5.74) is 5.80. The van der Waals surface area contributed by atoms with Crippen molar-refractivity contribution in [3.05, 3.63) is 24.0 Å². The predicted molar refractivity (Wildman–Crippen MR) is 52.4 cm³/mol. The summed E-state index contributed by atoms with van der Waals surface area (Å²) >= 11 is 0. The Bertz CT molecular complexity index is 289. The highest BCUT2D eigenvalue weighted by molar-refractivity contribution is 5.91. The fourth-order valence-electron chi connectivity index (χ4n) is 1.23. The van der Waals surface area contributed by atoms with Crippen LogP contribution in [-0.4, -0.2) is 10.5 Å². The number of aryl methyl sites for hydroxylation is 1. The number of nitrogens with two attached hydrogens (primary N) is 1. The van der Waals surface area contributed by atoms with Gasteiger partial charge in [0, 0.05) is 12.7 Å². The van der Waals surface area contributed by atoms with E-state index in [1.807, 2.05) is 16.8 Å². The highest BCUT2D eigenvalue weighted by Gasteiger charge is 2.06. The number of hydrogen-bond acceptors (Lipinski definition) is 1. The van der Waals surface area contributed by atoms with Gasteiger partial charge >= 0.3 is 0 Å². The zero-order chi connectivity index (χ0) is 9.84. The first-order chi connectivity index (χ1) is 6.11. The summed E-state index contributed by atoms with van der Waals surface area (Å²) in [6, 6.07) is 3.60. The van der Waals surface area contributed by atoms with Gasteiger partial charge in [-0.25, -0.2) is 0 Å². The molecule has 1 heterocycles. The first-order valence-electron chi connectivity index (χ1n) is 4.56. The Morgan fingerprint density at radius 2 is 2.31 bits per heavy atom. The topological polar surface area (TPSA) is 48.0 Å². The Kier molecular flexibility index (Phi) is 3.12. The van der Waals surface area contributed by atoms with Crippen LogP contribution in [0.5, 0.6) is 0 Å². The smallest absolute Gasteiger partial charge is 0.265 e. The van der Waals surface area contributed by atoms with Gasteiger partial charge in [0.05, 0.1) is 0 Å². The molecule has 0 aliphatic rings. The minimum absolute atomic E-state index is 0.353. The third kappa shape index (κ3) is 2.61. The van der Waals surface area contributed by atoms with Gasteiger partial charge in [0.1, 0.15) is 5.69 Å². The van der Waals surface area contributed by atoms with Gasteiger partial charge in [-0.3, -0.25) is 4.79 Å². The molecular formula is C10H16N2O. The predicted octanol–water partition coefficient (Wildman–Crippen LogP) is 1.63. The van der Waals surface area contributed by atoms with E-state index in [2.05, 4.69) is 13.8 Å².